The number of thiophene rings is 1. The predicted octanol–water partition coefficient (Wildman–Crippen LogP) is 10.5. The molecule has 6 heteroatoms. The minimum absolute atomic E-state index is 0.622. The summed E-state index contributed by atoms with van der Waals surface area (Å²) < 4.78 is 2.39. The van der Waals surface area contributed by atoms with Gasteiger partial charge in [0, 0.05) is 60.2 Å². The molecule has 47 heavy (non-hydrogen) atoms. The summed E-state index contributed by atoms with van der Waals surface area (Å²) in [7, 11) is 0. The van der Waals surface area contributed by atoms with Crippen LogP contribution in [-0.4, -0.2) is 24.9 Å². The lowest BCUT2D eigenvalue weighted by Gasteiger charge is -2.11. The third-order valence-corrected chi connectivity index (χ3v) is 9.61. The monoisotopic (exact) mass is 619 g/mol. The van der Waals surface area contributed by atoms with E-state index in [1.165, 1.54) is 14.8 Å². The molecule has 4 heterocycles. The van der Waals surface area contributed by atoms with Crippen molar-refractivity contribution in [2.45, 2.75) is 0 Å². The summed E-state index contributed by atoms with van der Waals surface area (Å²) in [5.41, 5.74) is 6.66. The molecular weight excluding hydrogens is 595 g/mol. The van der Waals surface area contributed by atoms with Crippen molar-refractivity contribution < 1.29 is 0 Å². The van der Waals surface area contributed by atoms with Gasteiger partial charge in [0.2, 0.25) is 0 Å². The van der Waals surface area contributed by atoms with Crippen LogP contribution in [0.25, 0.3) is 87.6 Å². The second-order valence-corrected chi connectivity index (χ2v) is 12.4. The van der Waals surface area contributed by atoms with Gasteiger partial charge in [0.15, 0.2) is 17.5 Å². The molecule has 0 fully saturated rings. The maximum Gasteiger partial charge on any atom is 0.164 e. The summed E-state index contributed by atoms with van der Waals surface area (Å²) in [6, 6.07) is 47.5. The maximum atomic E-state index is 5.10. The summed E-state index contributed by atoms with van der Waals surface area (Å²) in [4.78, 5) is 24.8. The highest BCUT2D eigenvalue weighted by molar-refractivity contribution is 7.26. The zero-order valence-electron chi connectivity index (χ0n) is 25.1. The van der Waals surface area contributed by atoms with E-state index in [4.69, 9.17) is 24.9 Å². The number of nitrogens with zero attached hydrogens (tertiary/aromatic N) is 5. The maximum absolute atomic E-state index is 5.10. The average Bonchev–Trinajstić information content (AvgIpc) is 3.55. The van der Waals surface area contributed by atoms with E-state index in [9.17, 15) is 0 Å². The molecule has 5 nitrogen and oxygen atoms in total. The summed E-state index contributed by atoms with van der Waals surface area (Å²) in [6.07, 6.45) is 3.92. The Morgan fingerprint density at radius 1 is 0.447 bits per heavy atom. The van der Waals surface area contributed by atoms with E-state index in [1.807, 2.05) is 79.1 Å². The Bertz CT molecular complexity index is 2520. The SMILES string of the molecule is c1ccc(-c2nc(-c3ccccc3)nc(-c3cccc(-c4cnc(-c5cc6ccccc6cn5)c5c4sc4ccccc45)c3)n2)cc1. The Kier molecular flexibility index (Phi) is 6.58. The van der Waals surface area contributed by atoms with Gasteiger partial charge in [-0.2, -0.15) is 0 Å². The predicted molar refractivity (Wildman–Crippen MR) is 193 cm³/mol. The molecule has 0 radical (unpaired) electrons. The van der Waals surface area contributed by atoms with Gasteiger partial charge in [-0.3, -0.25) is 9.97 Å². The molecule has 0 spiro atoms. The largest absolute Gasteiger partial charge is 0.254 e. The fraction of sp³-hybridized carbons (Fsp3) is 0. The molecule has 0 atom stereocenters. The summed E-state index contributed by atoms with van der Waals surface area (Å²) in [5.74, 6) is 1.90. The zero-order valence-corrected chi connectivity index (χ0v) is 25.9. The normalized spacial score (nSPS) is 11.4. The van der Waals surface area contributed by atoms with Crippen LogP contribution in [0.2, 0.25) is 0 Å². The van der Waals surface area contributed by atoms with E-state index in [0.29, 0.717) is 17.5 Å². The van der Waals surface area contributed by atoms with Gasteiger partial charge < -0.3 is 0 Å². The highest BCUT2D eigenvalue weighted by Gasteiger charge is 2.19. The van der Waals surface area contributed by atoms with Crippen LogP contribution in [0.3, 0.4) is 0 Å². The zero-order chi connectivity index (χ0) is 31.2. The molecule has 4 aromatic heterocycles. The molecule has 0 saturated heterocycles. The minimum Gasteiger partial charge on any atom is -0.254 e. The van der Waals surface area contributed by atoms with Crippen molar-refractivity contribution in [3.8, 4) is 56.7 Å². The Balaban J connectivity index is 1.22. The molecule has 0 aliphatic carbocycles. The molecule has 0 saturated carbocycles. The first-order chi connectivity index (χ1) is 23.3. The van der Waals surface area contributed by atoms with E-state index in [1.54, 1.807) is 11.3 Å². The van der Waals surface area contributed by atoms with Gasteiger partial charge in [-0.05, 0) is 29.1 Å². The fourth-order valence-electron chi connectivity index (χ4n) is 6.10. The number of pyridine rings is 2. The van der Waals surface area contributed by atoms with Crippen molar-refractivity contribution >= 4 is 42.3 Å². The van der Waals surface area contributed by atoms with E-state index in [-0.39, 0.29) is 0 Å². The lowest BCUT2D eigenvalue weighted by atomic mass is 10.00. The van der Waals surface area contributed by atoms with E-state index >= 15 is 0 Å². The van der Waals surface area contributed by atoms with Gasteiger partial charge in [0.05, 0.1) is 11.4 Å². The van der Waals surface area contributed by atoms with Crippen LogP contribution in [0.1, 0.15) is 0 Å². The lowest BCUT2D eigenvalue weighted by Crippen LogP contribution is -2.00. The average molecular weight is 620 g/mol. The molecule has 0 aliphatic rings. The Labute approximate surface area is 275 Å². The number of rotatable bonds is 5. The van der Waals surface area contributed by atoms with Crippen molar-refractivity contribution in [1.29, 1.82) is 0 Å². The molecule has 0 N–H and O–H groups in total. The van der Waals surface area contributed by atoms with Crippen LogP contribution in [-0.2, 0) is 0 Å². The van der Waals surface area contributed by atoms with Crippen molar-refractivity contribution in [2.75, 3.05) is 0 Å². The van der Waals surface area contributed by atoms with Crippen LogP contribution in [0.4, 0.5) is 0 Å². The molecular formula is C41H25N5S. The van der Waals surface area contributed by atoms with Gasteiger partial charge in [0.1, 0.15) is 0 Å². The van der Waals surface area contributed by atoms with Crippen LogP contribution in [0, 0.1) is 0 Å². The van der Waals surface area contributed by atoms with E-state index in [2.05, 4.69) is 72.8 Å². The highest BCUT2D eigenvalue weighted by Crippen LogP contribution is 2.44. The number of hydrogen-bond acceptors (Lipinski definition) is 6. The van der Waals surface area contributed by atoms with E-state index in [0.717, 1.165) is 55.4 Å². The quantitative estimate of drug-likeness (QED) is 0.192. The lowest BCUT2D eigenvalue weighted by molar-refractivity contribution is 1.07. The summed E-state index contributed by atoms with van der Waals surface area (Å²) >= 11 is 1.79. The van der Waals surface area contributed by atoms with Gasteiger partial charge in [-0.1, -0.05) is 121 Å². The first-order valence-electron chi connectivity index (χ1n) is 15.4. The van der Waals surface area contributed by atoms with Gasteiger partial charge in [-0.15, -0.1) is 11.3 Å². The summed E-state index contributed by atoms with van der Waals surface area (Å²) in [6.45, 7) is 0. The molecule has 9 rings (SSSR count). The van der Waals surface area contributed by atoms with Gasteiger partial charge in [0.25, 0.3) is 0 Å². The summed E-state index contributed by atoms with van der Waals surface area (Å²) in [5, 5.41) is 4.56. The van der Waals surface area contributed by atoms with Gasteiger partial charge in [-0.25, -0.2) is 15.0 Å². The Hall–Kier alpha value is -6.11. The third kappa shape index (κ3) is 4.92. The number of benzene rings is 5. The van der Waals surface area contributed by atoms with Crippen LogP contribution < -0.4 is 0 Å². The van der Waals surface area contributed by atoms with Crippen molar-refractivity contribution in [2.24, 2.45) is 0 Å². The number of aromatic nitrogens is 5. The van der Waals surface area contributed by atoms with Crippen LogP contribution in [0.5, 0.6) is 0 Å². The first kappa shape index (κ1) is 27.2. The third-order valence-electron chi connectivity index (χ3n) is 8.40. The van der Waals surface area contributed by atoms with Crippen LogP contribution >= 0.6 is 11.3 Å². The second kappa shape index (κ2) is 11.4. The van der Waals surface area contributed by atoms with Crippen molar-refractivity contribution in [3.63, 3.8) is 0 Å². The fourth-order valence-corrected chi connectivity index (χ4v) is 7.33. The number of fused-ring (bicyclic) bond motifs is 4. The molecule has 0 amide bonds. The van der Waals surface area contributed by atoms with Crippen molar-refractivity contribution in [3.05, 3.63) is 152 Å². The van der Waals surface area contributed by atoms with Gasteiger partial charge >= 0.3 is 0 Å². The topological polar surface area (TPSA) is 64.5 Å². The number of hydrogen-bond donors (Lipinski definition) is 0. The van der Waals surface area contributed by atoms with Crippen LogP contribution in [0.15, 0.2) is 152 Å². The second-order valence-electron chi connectivity index (χ2n) is 11.4. The Morgan fingerprint density at radius 2 is 1.04 bits per heavy atom. The molecule has 0 unspecified atom stereocenters. The smallest absolute Gasteiger partial charge is 0.164 e. The molecule has 5 aromatic carbocycles. The minimum atomic E-state index is 0.622. The highest BCUT2D eigenvalue weighted by atomic mass is 32.1. The molecule has 9 aromatic rings. The van der Waals surface area contributed by atoms with Crippen molar-refractivity contribution in [1.82, 2.24) is 24.9 Å². The molecule has 0 aliphatic heterocycles. The Morgan fingerprint density at radius 3 is 1.79 bits per heavy atom. The standard InChI is InChI=1S/C41H25N5S/c1-3-12-26(13-4-1)39-44-40(27-14-5-2-6-15-27)46-41(45-39)30-19-11-18-29(22-30)33-25-43-37(34-23-28-16-7-8-17-31(28)24-42-34)36-32-20-9-10-21-35(32)47-38(33)36/h1-25H. The first-order valence-corrected chi connectivity index (χ1v) is 16.2. The molecule has 220 valence electrons. The molecule has 0 bridgehead atoms. The van der Waals surface area contributed by atoms with E-state index < -0.39 is 0 Å².